The van der Waals surface area contributed by atoms with Crippen LogP contribution in [0.15, 0.2) is 18.2 Å². The van der Waals surface area contributed by atoms with Crippen LogP contribution in [0, 0.1) is 0 Å². The fraction of sp³-hybridized carbons (Fsp3) is 0.625. The highest BCUT2D eigenvalue weighted by Crippen LogP contribution is 2.40. The number of nitrogen functional groups attached to an aromatic ring is 1. The second-order valence-electron chi connectivity index (χ2n) is 5.78. The van der Waals surface area contributed by atoms with Crippen molar-refractivity contribution in [1.82, 2.24) is 4.90 Å². The molecule has 98 valence electrons. The lowest BCUT2D eigenvalue weighted by Gasteiger charge is -2.34. The first-order valence-electron chi connectivity index (χ1n) is 7.43. The average molecular weight is 244 g/mol. The van der Waals surface area contributed by atoms with Crippen molar-refractivity contribution in [2.45, 2.75) is 57.5 Å². The highest BCUT2D eigenvalue weighted by Gasteiger charge is 2.32. The molecule has 2 nitrogen and oxygen atoms in total. The Balaban J connectivity index is 1.85. The minimum Gasteiger partial charge on any atom is -0.399 e. The van der Waals surface area contributed by atoms with E-state index >= 15 is 0 Å². The standard InChI is InChI=1S/C16H24N2/c1-2-18(14-5-3-4-6-14)16-10-7-12-11-13(17)8-9-15(12)16/h8-9,11,14,16H,2-7,10,17H2,1H3. The third-order valence-electron chi connectivity index (χ3n) is 4.77. The largest absolute Gasteiger partial charge is 0.399 e. The molecule has 0 aromatic heterocycles. The summed E-state index contributed by atoms with van der Waals surface area (Å²) in [4.78, 5) is 2.75. The van der Waals surface area contributed by atoms with Gasteiger partial charge in [0.05, 0.1) is 0 Å². The minimum absolute atomic E-state index is 0.647. The lowest BCUT2D eigenvalue weighted by atomic mass is 10.0. The van der Waals surface area contributed by atoms with E-state index in [0.717, 1.165) is 11.7 Å². The Kier molecular flexibility index (Phi) is 3.29. The summed E-state index contributed by atoms with van der Waals surface area (Å²) >= 11 is 0. The van der Waals surface area contributed by atoms with E-state index in [1.165, 1.54) is 56.2 Å². The first-order valence-corrected chi connectivity index (χ1v) is 7.43. The number of aryl methyl sites for hydroxylation is 1. The highest BCUT2D eigenvalue weighted by molar-refractivity contribution is 5.47. The zero-order chi connectivity index (χ0) is 12.5. The molecule has 0 radical (unpaired) electrons. The van der Waals surface area contributed by atoms with Crippen LogP contribution in [-0.2, 0) is 6.42 Å². The summed E-state index contributed by atoms with van der Waals surface area (Å²) in [6.45, 7) is 3.49. The number of fused-ring (bicyclic) bond motifs is 1. The van der Waals surface area contributed by atoms with E-state index in [9.17, 15) is 0 Å². The van der Waals surface area contributed by atoms with Crippen molar-refractivity contribution >= 4 is 5.69 Å². The van der Waals surface area contributed by atoms with Gasteiger partial charge in [0.1, 0.15) is 0 Å². The zero-order valence-corrected chi connectivity index (χ0v) is 11.4. The van der Waals surface area contributed by atoms with Gasteiger partial charge < -0.3 is 5.73 Å². The van der Waals surface area contributed by atoms with Crippen molar-refractivity contribution in [3.05, 3.63) is 29.3 Å². The molecule has 18 heavy (non-hydrogen) atoms. The van der Waals surface area contributed by atoms with E-state index in [1.54, 1.807) is 0 Å². The van der Waals surface area contributed by atoms with Crippen LogP contribution in [0.5, 0.6) is 0 Å². The first-order chi connectivity index (χ1) is 8.79. The van der Waals surface area contributed by atoms with Crippen molar-refractivity contribution in [2.24, 2.45) is 0 Å². The second-order valence-corrected chi connectivity index (χ2v) is 5.78. The van der Waals surface area contributed by atoms with E-state index in [0.29, 0.717) is 6.04 Å². The molecule has 0 spiro atoms. The predicted molar refractivity (Wildman–Crippen MR) is 76.6 cm³/mol. The predicted octanol–water partition coefficient (Wildman–Crippen LogP) is 3.52. The molecule has 2 heteroatoms. The summed E-state index contributed by atoms with van der Waals surface area (Å²) in [7, 11) is 0. The number of benzene rings is 1. The molecular formula is C16H24N2. The van der Waals surface area contributed by atoms with Crippen molar-refractivity contribution < 1.29 is 0 Å². The zero-order valence-electron chi connectivity index (χ0n) is 11.4. The van der Waals surface area contributed by atoms with Crippen molar-refractivity contribution in [3.63, 3.8) is 0 Å². The van der Waals surface area contributed by atoms with Gasteiger partial charge in [0.25, 0.3) is 0 Å². The van der Waals surface area contributed by atoms with Gasteiger partial charge in [-0.1, -0.05) is 25.8 Å². The molecule has 0 amide bonds. The van der Waals surface area contributed by atoms with E-state index in [1.807, 2.05) is 0 Å². The highest BCUT2D eigenvalue weighted by atomic mass is 15.2. The first kappa shape index (κ1) is 12.0. The van der Waals surface area contributed by atoms with Gasteiger partial charge in [-0.3, -0.25) is 4.90 Å². The Morgan fingerprint density at radius 1 is 1.22 bits per heavy atom. The minimum atomic E-state index is 0.647. The molecule has 0 aliphatic heterocycles. The summed E-state index contributed by atoms with van der Waals surface area (Å²) in [5.41, 5.74) is 9.83. The van der Waals surface area contributed by atoms with Crippen LogP contribution < -0.4 is 5.73 Å². The van der Waals surface area contributed by atoms with Crippen LogP contribution in [0.4, 0.5) is 5.69 Å². The lowest BCUT2D eigenvalue weighted by Crippen LogP contribution is -2.35. The van der Waals surface area contributed by atoms with Gasteiger partial charge in [0, 0.05) is 17.8 Å². The van der Waals surface area contributed by atoms with Crippen LogP contribution in [0.25, 0.3) is 0 Å². The topological polar surface area (TPSA) is 29.3 Å². The maximum Gasteiger partial charge on any atom is 0.0356 e. The summed E-state index contributed by atoms with van der Waals surface area (Å²) in [5.74, 6) is 0. The Morgan fingerprint density at radius 2 is 2.00 bits per heavy atom. The molecule has 1 fully saturated rings. The summed E-state index contributed by atoms with van der Waals surface area (Å²) in [6, 6.07) is 7.98. The van der Waals surface area contributed by atoms with Gasteiger partial charge in [0.2, 0.25) is 0 Å². The van der Waals surface area contributed by atoms with E-state index in [4.69, 9.17) is 5.73 Å². The molecular weight excluding hydrogens is 220 g/mol. The van der Waals surface area contributed by atoms with Gasteiger partial charge in [-0.15, -0.1) is 0 Å². The van der Waals surface area contributed by atoms with E-state index in [2.05, 4.69) is 30.0 Å². The summed E-state index contributed by atoms with van der Waals surface area (Å²) in [5, 5.41) is 0. The fourth-order valence-electron chi connectivity index (χ4n) is 3.93. The molecule has 0 bridgehead atoms. The van der Waals surface area contributed by atoms with Crippen LogP contribution in [0.1, 0.15) is 56.2 Å². The quantitative estimate of drug-likeness (QED) is 0.824. The summed E-state index contributed by atoms with van der Waals surface area (Å²) < 4.78 is 0. The van der Waals surface area contributed by atoms with Crippen molar-refractivity contribution in [1.29, 1.82) is 0 Å². The van der Waals surface area contributed by atoms with Gasteiger partial charge in [0.15, 0.2) is 0 Å². The van der Waals surface area contributed by atoms with E-state index in [-0.39, 0.29) is 0 Å². The van der Waals surface area contributed by atoms with Crippen molar-refractivity contribution in [3.8, 4) is 0 Å². The number of rotatable bonds is 3. The number of nitrogens with zero attached hydrogens (tertiary/aromatic N) is 1. The molecule has 3 rings (SSSR count). The van der Waals surface area contributed by atoms with E-state index < -0.39 is 0 Å². The van der Waals surface area contributed by atoms with Gasteiger partial charge in [-0.2, -0.15) is 0 Å². The molecule has 1 saturated carbocycles. The Labute approximate surface area is 110 Å². The Bertz CT molecular complexity index is 421. The number of anilines is 1. The van der Waals surface area contributed by atoms with Gasteiger partial charge >= 0.3 is 0 Å². The number of nitrogens with two attached hydrogens (primary N) is 1. The lowest BCUT2D eigenvalue weighted by molar-refractivity contribution is 0.143. The molecule has 1 aromatic carbocycles. The number of hydrogen-bond donors (Lipinski definition) is 1. The van der Waals surface area contributed by atoms with Crippen LogP contribution in [0.3, 0.4) is 0 Å². The third kappa shape index (κ3) is 2.03. The Morgan fingerprint density at radius 3 is 2.72 bits per heavy atom. The van der Waals surface area contributed by atoms with Crippen molar-refractivity contribution in [2.75, 3.05) is 12.3 Å². The molecule has 2 aliphatic rings. The molecule has 2 aliphatic carbocycles. The smallest absolute Gasteiger partial charge is 0.0356 e. The molecule has 2 N–H and O–H groups in total. The molecule has 1 unspecified atom stereocenters. The average Bonchev–Trinajstić information content (AvgIpc) is 3.00. The molecule has 0 heterocycles. The molecule has 1 aromatic rings. The summed E-state index contributed by atoms with van der Waals surface area (Å²) in [6.07, 6.45) is 8.12. The maximum absolute atomic E-state index is 5.89. The molecule has 0 saturated heterocycles. The van der Waals surface area contributed by atoms with Crippen LogP contribution in [-0.4, -0.2) is 17.5 Å². The third-order valence-corrected chi connectivity index (χ3v) is 4.77. The number of hydrogen-bond acceptors (Lipinski definition) is 2. The van der Waals surface area contributed by atoms with Crippen LogP contribution in [0.2, 0.25) is 0 Å². The SMILES string of the molecule is CCN(C1CCCC1)C1CCc2cc(N)ccc21. The maximum atomic E-state index is 5.89. The Hall–Kier alpha value is -1.02. The second kappa shape index (κ2) is 4.93. The molecule has 1 atom stereocenters. The van der Waals surface area contributed by atoms with Gasteiger partial charge in [-0.05, 0) is 55.5 Å². The monoisotopic (exact) mass is 244 g/mol. The van der Waals surface area contributed by atoms with Crippen LogP contribution >= 0.6 is 0 Å². The fourth-order valence-corrected chi connectivity index (χ4v) is 3.93. The normalized spacial score (nSPS) is 23.8. The van der Waals surface area contributed by atoms with Gasteiger partial charge in [-0.25, -0.2) is 0 Å².